The van der Waals surface area contributed by atoms with Crippen molar-refractivity contribution < 1.29 is 4.74 Å². The summed E-state index contributed by atoms with van der Waals surface area (Å²) in [6, 6.07) is 7.97. The Bertz CT molecular complexity index is 721. The molecule has 0 fully saturated rings. The van der Waals surface area contributed by atoms with Crippen LogP contribution in [0.1, 0.15) is 10.0 Å². The fourth-order valence-electron chi connectivity index (χ4n) is 1.74. The Morgan fingerprint density at radius 1 is 1.19 bits per heavy atom. The molecule has 2 aromatic heterocycles. The molecule has 1 aromatic carbocycles. The Labute approximate surface area is 135 Å². The van der Waals surface area contributed by atoms with Crippen molar-refractivity contribution in [1.82, 2.24) is 15.2 Å². The Kier molecular flexibility index (Phi) is 4.52. The van der Waals surface area contributed by atoms with Gasteiger partial charge in [-0.3, -0.25) is 0 Å². The van der Waals surface area contributed by atoms with E-state index >= 15 is 0 Å². The molecule has 0 N–H and O–H groups in total. The first-order valence-corrected chi connectivity index (χ1v) is 9.18. The highest BCUT2D eigenvalue weighted by atomic mass is 32.2. The molecular weight excluding hydrogens is 322 g/mol. The van der Waals surface area contributed by atoms with E-state index < -0.39 is 0 Å². The van der Waals surface area contributed by atoms with Gasteiger partial charge in [0, 0.05) is 10.9 Å². The number of aryl methyl sites for hydroxylation is 1. The van der Waals surface area contributed by atoms with E-state index in [1.807, 2.05) is 37.4 Å². The van der Waals surface area contributed by atoms with Gasteiger partial charge in [0.25, 0.3) is 0 Å². The van der Waals surface area contributed by atoms with Crippen molar-refractivity contribution >= 4 is 34.4 Å². The number of benzene rings is 1. The third-order valence-corrected chi connectivity index (χ3v) is 5.40. The topological polar surface area (TPSA) is 47.9 Å². The first-order chi connectivity index (χ1) is 10.2. The maximum atomic E-state index is 5.73. The number of aromatic nitrogens is 3. The molecule has 0 atom stereocenters. The molecule has 3 rings (SSSR count). The van der Waals surface area contributed by atoms with E-state index in [4.69, 9.17) is 4.74 Å². The summed E-state index contributed by atoms with van der Waals surface area (Å²) >= 11 is 4.82. The van der Waals surface area contributed by atoms with Crippen LogP contribution in [-0.4, -0.2) is 21.4 Å². The lowest BCUT2D eigenvalue weighted by molar-refractivity contribution is 0.304. The van der Waals surface area contributed by atoms with Gasteiger partial charge in [0.05, 0.1) is 10.7 Å². The van der Waals surface area contributed by atoms with E-state index in [9.17, 15) is 0 Å². The molecular formula is C14H13N3OS3. The van der Waals surface area contributed by atoms with Crippen LogP contribution in [0.5, 0.6) is 5.75 Å². The summed E-state index contributed by atoms with van der Waals surface area (Å²) in [6.07, 6.45) is 1.99. The second kappa shape index (κ2) is 6.55. The zero-order chi connectivity index (χ0) is 14.7. The van der Waals surface area contributed by atoms with Crippen LogP contribution in [0.2, 0.25) is 0 Å². The third-order valence-electron chi connectivity index (χ3n) is 2.75. The Morgan fingerprint density at radius 2 is 2.00 bits per heavy atom. The molecule has 0 saturated heterocycles. The van der Waals surface area contributed by atoms with Gasteiger partial charge in [-0.2, -0.15) is 0 Å². The molecule has 0 aliphatic carbocycles. The molecule has 4 nitrogen and oxygen atoms in total. The largest absolute Gasteiger partial charge is 0.486 e. The number of rotatable bonds is 5. The van der Waals surface area contributed by atoms with Crippen LogP contribution >= 0.6 is 34.4 Å². The summed E-state index contributed by atoms with van der Waals surface area (Å²) in [6.45, 7) is 2.46. The van der Waals surface area contributed by atoms with Crippen molar-refractivity contribution in [3.8, 4) is 17.0 Å². The maximum absolute atomic E-state index is 5.73. The fourth-order valence-corrected chi connectivity index (χ4v) is 3.59. The number of hydrogen-bond acceptors (Lipinski definition) is 7. The van der Waals surface area contributed by atoms with Crippen LogP contribution in [-0.2, 0) is 6.61 Å². The van der Waals surface area contributed by atoms with Crippen LogP contribution < -0.4 is 4.74 Å². The highest BCUT2D eigenvalue weighted by Gasteiger charge is 2.05. The van der Waals surface area contributed by atoms with E-state index in [2.05, 4.69) is 20.6 Å². The Balaban J connectivity index is 1.64. The Hall–Kier alpha value is -1.44. The minimum Gasteiger partial charge on any atom is -0.486 e. The van der Waals surface area contributed by atoms with Crippen molar-refractivity contribution in [1.29, 1.82) is 0 Å². The molecule has 0 saturated carbocycles. The highest BCUT2D eigenvalue weighted by molar-refractivity contribution is 8.00. The van der Waals surface area contributed by atoms with Gasteiger partial charge in [-0.25, -0.2) is 4.98 Å². The molecule has 0 aliphatic rings. The van der Waals surface area contributed by atoms with E-state index in [0.717, 1.165) is 31.4 Å². The second-order valence-corrected chi connectivity index (χ2v) is 7.41. The smallest absolute Gasteiger partial charge is 0.174 e. The number of thiazole rings is 1. The third kappa shape index (κ3) is 3.61. The summed E-state index contributed by atoms with van der Waals surface area (Å²) in [4.78, 5) is 4.48. The van der Waals surface area contributed by atoms with Crippen molar-refractivity contribution in [3.63, 3.8) is 0 Å². The molecule has 0 bridgehead atoms. The second-order valence-electron chi connectivity index (χ2n) is 4.23. The predicted molar refractivity (Wildman–Crippen MR) is 88.3 cm³/mol. The van der Waals surface area contributed by atoms with Crippen molar-refractivity contribution in [2.45, 2.75) is 17.9 Å². The van der Waals surface area contributed by atoms with E-state index in [0.29, 0.717) is 6.61 Å². The summed E-state index contributed by atoms with van der Waals surface area (Å²) in [5.74, 6) is 0.826. The van der Waals surface area contributed by atoms with E-state index in [1.165, 1.54) is 0 Å². The monoisotopic (exact) mass is 335 g/mol. The van der Waals surface area contributed by atoms with Gasteiger partial charge in [0.2, 0.25) is 0 Å². The lowest BCUT2D eigenvalue weighted by atomic mass is 10.2. The quantitative estimate of drug-likeness (QED) is 0.652. The molecule has 2 heterocycles. The first kappa shape index (κ1) is 14.5. The van der Waals surface area contributed by atoms with Crippen LogP contribution in [0.25, 0.3) is 11.3 Å². The van der Waals surface area contributed by atoms with Gasteiger partial charge in [-0.15, -0.1) is 21.5 Å². The van der Waals surface area contributed by atoms with E-state index in [-0.39, 0.29) is 0 Å². The number of thioether (sulfide) groups is 1. The van der Waals surface area contributed by atoms with Crippen LogP contribution in [0, 0.1) is 6.92 Å². The standard InChI is InChI=1S/C14H13N3OS3/c1-9-15-12(8-20-9)10-3-5-11(6-4-10)18-7-13-16-17-14(19-2)21-13/h3-6,8H,7H2,1-2H3. The van der Waals surface area contributed by atoms with Gasteiger partial charge in [-0.1, -0.05) is 23.1 Å². The van der Waals surface area contributed by atoms with Gasteiger partial charge in [0.15, 0.2) is 9.35 Å². The van der Waals surface area contributed by atoms with Crippen LogP contribution in [0.15, 0.2) is 34.0 Å². The molecule has 0 unspecified atom stereocenters. The summed E-state index contributed by atoms with van der Waals surface area (Å²) in [5, 5.41) is 12.2. The average molecular weight is 335 g/mol. The molecule has 21 heavy (non-hydrogen) atoms. The fraction of sp³-hybridized carbons (Fsp3) is 0.214. The van der Waals surface area contributed by atoms with Crippen molar-refractivity contribution in [2.24, 2.45) is 0 Å². The zero-order valence-corrected chi connectivity index (χ0v) is 14.0. The lowest BCUT2D eigenvalue weighted by Crippen LogP contribution is -1.94. The molecule has 3 aromatic rings. The van der Waals surface area contributed by atoms with E-state index in [1.54, 1.807) is 34.4 Å². The molecule has 0 aliphatic heterocycles. The summed E-state index contributed by atoms with van der Waals surface area (Å²) < 4.78 is 6.69. The zero-order valence-electron chi connectivity index (χ0n) is 11.6. The first-order valence-electron chi connectivity index (χ1n) is 6.26. The average Bonchev–Trinajstić information content (AvgIpc) is 3.14. The SMILES string of the molecule is CSc1nnc(COc2ccc(-c3csc(C)n3)cc2)s1. The van der Waals surface area contributed by atoms with Gasteiger partial charge in [0.1, 0.15) is 12.4 Å². The maximum Gasteiger partial charge on any atom is 0.174 e. The molecule has 7 heteroatoms. The van der Waals surface area contributed by atoms with Gasteiger partial charge >= 0.3 is 0 Å². The molecule has 0 spiro atoms. The summed E-state index contributed by atoms with van der Waals surface area (Å²) in [5.41, 5.74) is 2.12. The molecule has 108 valence electrons. The van der Waals surface area contributed by atoms with Gasteiger partial charge < -0.3 is 4.74 Å². The van der Waals surface area contributed by atoms with Crippen LogP contribution in [0.3, 0.4) is 0 Å². The number of hydrogen-bond donors (Lipinski definition) is 0. The minimum atomic E-state index is 0.452. The number of ether oxygens (including phenoxy) is 1. The number of nitrogens with zero attached hydrogens (tertiary/aromatic N) is 3. The normalized spacial score (nSPS) is 10.8. The lowest BCUT2D eigenvalue weighted by Gasteiger charge is -2.04. The molecule has 0 amide bonds. The van der Waals surface area contributed by atoms with Crippen LogP contribution in [0.4, 0.5) is 0 Å². The Morgan fingerprint density at radius 3 is 2.62 bits per heavy atom. The highest BCUT2D eigenvalue weighted by Crippen LogP contribution is 2.25. The van der Waals surface area contributed by atoms with Gasteiger partial charge in [-0.05, 0) is 37.4 Å². The van der Waals surface area contributed by atoms with Crippen molar-refractivity contribution in [2.75, 3.05) is 6.26 Å². The predicted octanol–water partition coefficient (Wildman–Crippen LogP) is 4.27. The molecule has 0 radical (unpaired) electrons. The minimum absolute atomic E-state index is 0.452. The van der Waals surface area contributed by atoms with Crippen molar-refractivity contribution in [3.05, 3.63) is 39.7 Å². The summed E-state index contributed by atoms with van der Waals surface area (Å²) in [7, 11) is 0.